The van der Waals surface area contributed by atoms with Gasteiger partial charge in [-0.25, -0.2) is 0 Å². The zero-order valence-corrected chi connectivity index (χ0v) is 29.2. The Hall–Kier alpha value is -1.04. The average molecular weight is 829 g/mol. The topological polar surface area (TPSA) is 427 Å². The Morgan fingerprint density at radius 1 is 0.268 bits per heavy atom. The molecule has 0 radical (unpaired) electrons. The van der Waals surface area contributed by atoms with Crippen molar-refractivity contribution in [1.82, 2.24) is 0 Å². The SMILES string of the molecule is OC[C@@H]1O[C@H](O)[C@H](O)[C@H](O)[C@@H]1O[C@@H]1O[C@H](CO)[C@H](O[C@@H]2O[C@H](CO)[C@H](O[C@@H]3O[C@H](CO)[C@H](O[C@@H]4O[C@H](CO)[C@@H](O)[C@H](O)[C@@H]4O)[C@H](O)[C@@H]3O)[C@H](O)[C@@H]2O)[C@@H](O)[C@@H]1O. The molecule has 5 fully saturated rings. The summed E-state index contributed by atoms with van der Waals surface area (Å²) in [5.74, 6) is 0. The molecule has 5 rings (SSSR count). The summed E-state index contributed by atoms with van der Waals surface area (Å²) < 4.78 is 49.1. The van der Waals surface area contributed by atoms with Crippen molar-refractivity contribution in [3.05, 3.63) is 0 Å². The summed E-state index contributed by atoms with van der Waals surface area (Å²) in [4.78, 5) is 0. The summed E-state index contributed by atoms with van der Waals surface area (Å²) in [7, 11) is 0. The van der Waals surface area contributed by atoms with E-state index in [1.165, 1.54) is 0 Å². The van der Waals surface area contributed by atoms with Crippen LogP contribution in [0.4, 0.5) is 0 Å². The third-order valence-corrected chi connectivity index (χ3v) is 10.3. The Balaban J connectivity index is 1.22. The van der Waals surface area contributed by atoms with Crippen LogP contribution in [0, 0.1) is 0 Å². The molecule has 56 heavy (non-hydrogen) atoms. The van der Waals surface area contributed by atoms with Gasteiger partial charge in [0.2, 0.25) is 0 Å². The molecule has 0 aliphatic carbocycles. The van der Waals surface area contributed by atoms with Crippen LogP contribution in [0.2, 0.25) is 0 Å². The van der Waals surface area contributed by atoms with Gasteiger partial charge in [0, 0.05) is 0 Å². The Labute approximate surface area is 316 Å². The minimum absolute atomic E-state index is 0.811. The van der Waals surface area contributed by atoms with Crippen LogP contribution in [0.1, 0.15) is 0 Å². The molecule has 0 aromatic heterocycles. The minimum atomic E-state index is -2.12. The molecule has 0 aromatic carbocycles. The lowest BCUT2D eigenvalue weighted by Crippen LogP contribution is -2.68. The van der Waals surface area contributed by atoms with Crippen molar-refractivity contribution < 1.29 is 129 Å². The van der Waals surface area contributed by atoms with Crippen LogP contribution in [0.5, 0.6) is 0 Å². The fourth-order valence-electron chi connectivity index (χ4n) is 7.03. The molecule has 5 aliphatic heterocycles. The van der Waals surface area contributed by atoms with Crippen LogP contribution < -0.4 is 0 Å². The smallest absolute Gasteiger partial charge is 0.187 e. The van der Waals surface area contributed by atoms with Crippen molar-refractivity contribution in [1.29, 1.82) is 0 Å². The number of aliphatic hydroxyl groups is 17. The minimum Gasteiger partial charge on any atom is -0.394 e. The largest absolute Gasteiger partial charge is 0.394 e. The Morgan fingerprint density at radius 3 is 0.821 bits per heavy atom. The van der Waals surface area contributed by atoms with Gasteiger partial charge in [-0.1, -0.05) is 0 Å². The third kappa shape index (κ3) is 9.16. The lowest BCUT2D eigenvalue weighted by molar-refractivity contribution is -0.392. The van der Waals surface area contributed by atoms with Crippen LogP contribution in [0.3, 0.4) is 0 Å². The number of rotatable bonds is 13. The van der Waals surface area contributed by atoms with E-state index in [-0.39, 0.29) is 0 Å². The molecule has 0 bridgehead atoms. The predicted octanol–water partition coefficient (Wildman–Crippen LogP) is -11.9. The number of aliphatic hydroxyl groups excluding tert-OH is 17. The van der Waals surface area contributed by atoms with Crippen molar-refractivity contribution in [3.63, 3.8) is 0 Å². The van der Waals surface area contributed by atoms with Crippen LogP contribution in [0.15, 0.2) is 0 Å². The summed E-state index contributed by atoms with van der Waals surface area (Å²) in [6, 6.07) is 0. The molecule has 26 nitrogen and oxygen atoms in total. The van der Waals surface area contributed by atoms with Gasteiger partial charge in [0.1, 0.15) is 122 Å². The highest BCUT2D eigenvalue weighted by molar-refractivity contribution is 4.99. The first-order valence-electron chi connectivity index (χ1n) is 17.6. The highest BCUT2D eigenvalue weighted by Crippen LogP contribution is 2.35. The molecule has 328 valence electrons. The van der Waals surface area contributed by atoms with Crippen molar-refractivity contribution in [3.8, 4) is 0 Å². The molecule has 25 atom stereocenters. The number of ether oxygens (including phenoxy) is 9. The molecule has 5 aliphatic rings. The summed E-state index contributed by atoms with van der Waals surface area (Å²) in [6.45, 7) is -4.51. The first-order valence-corrected chi connectivity index (χ1v) is 17.6. The highest BCUT2D eigenvalue weighted by Gasteiger charge is 2.56. The summed E-state index contributed by atoms with van der Waals surface area (Å²) >= 11 is 0. The Morgan fingerprint density at radius 2 is 0.518 bits per heavy atom. The van der Waals surface area contributed by atoms with Gasteiger partial charge in [0.25, 0.3) is 0 Å². The second kappa shape index (κ2) is 19.6. The molecule has 0 unspecified atom stereocenters. The molecule has 26 heteroatoms. The van der Waals surface area contributed by atoms with Gasteiger partial charge in [-0.3, -0.25) is 0 Å². The van der Waals surface area contributed by atoms with Crippen LogP contribution >= 0.6 is 0 Å². The van der Waals surface area contributed by atoms with E-state index in [2.05, 4.69) is 0 Å². The van der Waals surface area contributed by atoms with Crippen molar-refractivity contribution >= 4 is 0 Å². The van der Waals surface area contributed by atoms with E-state index in [1.54, 1.807) is 0 Å². The molecule has 0 amide bonds. The predicted molar refractivity (Wildman–Crippen MR) is 167 cm³/mol. The zero-order chi connectivity index (χ0) is 41.3. The standard InChI is InChI=1S/C30H52O26/c31-1-6-11(36)12(37)18(43)27(49-6)54-23-8(3-33)51-29(20(45)14(23)39)56-25-10(5-35)52-30(21(46)16(25)41)55-24-9(4-34)50-28(19(44)15(24)40)53-22-7(2-32)48-26(47)17(42)13(22)38/h6-47H,1-5H2/t6-,7+,8-,9-,10-,11-,12+,13+,14-,15+,16-,17-,18+,19+,20+,21+,22-,23+,24+,25+,26+,27+,28+,29+,30+/m1/s1. The second-order valence-electron chi connectivity index (χ2n) is 13.9. The van der Waals surface area contributed by atoms with E-state index in [9.17, 15) is 86.8 Å². The normalized spacial score (nSPS) is 53.2. The third-order valence-electron chi connectivity index (χ3n) is 10.3. The van der Waals surface area contributed by atoms with Gasteiger partial charge in [0.05, 0.1) is 33.0 Å². The maximum Gasteiger partial charge on any atom is 0.187 e. The lowest BCUT2D eigenvalue weighted by atomic mass is 9.95. The van der Waals surface area contributed by atoms with E-state index in [0.717, 1.165) is 0 Å². The van der Waals surface area contributed by atoms with Crippen LogP contribution in [-0.4, -0.2) is 273 Å². The molecule has 5 saturated heterocycles. The van der Waals surface area contributed by atoms with E-state index in [1.807, 2.05) is 0 Å². The van der Waals surface area contributed by atoms with Gasteiger partial charge in [0.15, 0.2) is 31.5 Å². The maximum absolute atomic E-state index is 11.1. The second-order valence-corrected chi connectivity index (χ2v) is 13.9. The molecule has 0 aromatic rings. The van der Waals surface area contributed by atoms with Crippen molar-refractivity contribution in [2.24, 2.45) is 0 Å². The molecule has 0 saturated carbocycles. The van der Waals surface area contributed by atoms with E-state index in [4.69, 9.17) is 42.6 Å². The van der Waals surface area contributed by atoms with Gasteiger partial charge >= 0.3 is 0 Å². The van der Waals surface area contributed by atoms with Gasteiger partial charge in [-0.05, 0) is 0 Å². The van der Waals surface area contributed by atoms with Gasteiger partial charge < -0.3 is 129 Å². The maximum atomic E-state index is 11.1. The lowest BCUT2D eigenvalue weighted by Gasteiger charge is -2.49. The van der Waals surface area contributed by atoms with E-state index in [0.29, 0.717) is 0 Å². The van der Waals surface area contributed by atoms with E-state index < -0.39 is 187 Å². The Kier molecular flexibility index (Phi) is 16.1. The highest BCUT2D eigenvalue weighted by atomic mass is 16.8. The average Bonchev–Trinajstić information content (AvgIpc) is 3.19. The first-order chi connectivity index (χ1) is 26.5. The fraction of sp³-hybridized carbons (Fsp3) is 1.00. The van der Waals surface area contributed by atoms with Crippen molar-refractivity contribution in [2.75, 3.05) is 33.0 Å². The van der Waals surface area contributed by atoms with E-state index >= 15 is 0 Å². The summed E-state index contributed by atoms with van der Waals surface area (Å²) in [5.41, 5.74) is 0. The fourth-order valence-corrected chi connectivity index (χ4v) is 7.03. The molecule has 5 heterocycles. The van der Waals surface area contributed by atoms with Crippen LogP contribution in [-0.2, 0) is 42.6 Å². The number of hydrogen-bond donors (Lipinski definition) is 17. The van der Waals surface area contributed by atoms with Crippen LogP contribution in [0.25, 0.3) is 0 Å². The van der Waals surface area contributed by atoms with Crippen molar-refractivity contribution in [2.45, 2.75) is 154 Å². The molecular weight excluding hydrogens is 776 g/mol. The summed E-state index contributed by atoms with van der Waals surface area (Å²) in [6.07, 6.45) is -45.8. The number of hydrogen-bond acceptors (Lipinski definition) is 26. The monoisotopic (exact) mass is 828 g/mol. The van der Waals surface area contributed by atoms with Gasteiger partial charge in [-0.15, -0.1) is 0 Å². The molecule has 0 spiro atoms. The first kappa shape index (κ1) is 46.0. The zero-order valence-electron chi connectivity index (χ0n) is 29.2. The van der Waals surface area contributed by atoms with Gasteiger partial charge in [-0.2, -0.15) is 0 Å². The molecule has 17 N–H and O–H groups in total. The Bertz CT molecular complexity index is 1200. The summed E-state index contributed by atoms with van der Waals surface area (Å²) in [5, 5.41) is 176. The molecular formula is C30H52O26. The quantitative estimate of drug-likeness (QED) is 0.0819.